The highest BCUT2D eigenvalue weighted by atomic mass is 16.6. The van der Waals surface area contributed by atoms with Gasteiger partial charge in [0.2, 0.25) is 0 Å². The first kappa shape index (κ1) is 18.2. The van der Waals surface area contributed by atoms with E-state index in [1.54, 1.807) is 0 Å². The molecule has 0 aromatic heterocycles. The average Bonchev–Trinajstić information content (AvgIpc) is 3.23. The third kappa shape index (κ3) is 4.12. The molecule has 8 nitrogen and oxygen atoms in total. The Morgan fingerprint density at radius 2 is 2.12 bits per heavy atom. The first-order valence-electron chi connectivity index (χ1n) is 8.74. The molecule has 140 valence electrons. The SMILES string of the molecule is COc1cc([N+](=O)[O-])ccc1NC(=O)COC(=O)C[C@H]1C[C@@H]2CC[C@@H]1C2. The largest absolute Gasteiger partial charge is 0.494 e. The maximum absolute atomic E-state index is 12.0. The van der Waals surface area contributed by atoms with E-state index >= 15 is 0 Å². The average molecular weight is 362 g/mol. The number of nitrogens with zero attached hydrogens (tertiary/aromatic N) is 1. The summed E-state index contributed by atoms with van der Waals surface area (Å²) < 4.78 is 10.1. The number of carbonyl (C=O) groups is 2. The van der Waals surface area contributed by atoms with Gasteiger partial charge in [-0.3, -0.25) is 19.7 Å². The minimum atomic E-state index is -0.550. The number of nitro groups is 1. The van der Waals surface area contributed by atoms with Crippen LogP contribution in [0, 0.1) is 27.9 Å². The van der Waals surface area contributed by atoms with Crippen LogP contribution in [0.5, 0.6) is 5.75 Å². The molecule has 1 amide bonds. The molecule has 2 bridgehead atoms. The summed E-state index contributed by atoms with van der Waals surface area (Å²) in [5.41, 5.74) is 0.143. The number of anilines is 1. The summed E-state index contributed by atoms with van der Waals surface area (Å²) >= 11 is 0. The maximum atomic E-state index is 12.0. The molecular formula is C18H22N2O6. The second-order valence-corrected chi connectivity index (χ2v) is 6.99. The molecule has 2 aliphatic carbocycles. The highest BCUT2D eigenvalue weighted by Crippen LogP contribution is 2.49. The van der Waals surface area contributed by atoms with Crippen molar-refractivity contribution in [1.29, 1.82) is 0 Å². The van der Waals surface area contributed by atoms with Crippen LogP contribution in [0.25, 0.3) is 0 Å². The Bertz CT molecular complexity index is 720. The molecule has 0 heterocycles. The van der Waals surface area contributed by atoms with E-state index in [0.717, 1.165) is 12.3 Å². The van der Waals surface area contributed by atoms with E-state index in [9.17, 15) is 19.7 Å². The van der Waals surface area contributed by atoms with Gasteiger partial charge in [-0.05, 0) is 43.1 Å². The Kier molecular flexibility index (Phi) is 5.39. The highest BCUT2D eigenvalue weighted by molar-refractivity contribution is 5.94. The normalized spacial score (nSPS) is 23.5. The zero-order valence-corrected chi connectivity index (χ0v) is 14.6. The Morgan fingerprint density at radius 3 is 2.73 bits per heavy atom. The summed E-state index contributed by atoms with van der Waals surface area (Å²) in [6.45, 7) is -0.389. The van der Waals surface area contributed by atoms with Crippen LogP contribution in [-0.2, 0) is 14.3 Å². The number of carbonyl (C=O) groups excluding carboxylic acids is 2. The van der Waals surface area contributed by atoms with Crippen molar-refractivity contribution in [1.82, 2.24) is 0 Å². The van der Waals surface area contributed by atoms with E-state index in [2.05, 4.69) is 5.32 Å². The molecule has 0 saturated heterocycles. The van der Waals surface area contributed by atoms with Crippen molar-refractivity contribution in [2.75, 3.05) is 19.0 Å². The van der Waals surface area contributed by atoms with Gasteiger partial charge in [-0.15, -0.1) is 0 Å². The fraction of sp³-hybridized carbons (Fsp3) is 0.556. The molecule has 0 unspecified atom stereocenters. The second kappa shape index (κ2) is 7.72. The molecule has 2 fully saturated rings. The number of nitrogens with one attached hydrogen (secondary N) is 1. The van der Waals surface area contributed by atoms with Crippen LogP contribution in [0.4, 0.5) is 11.4 Å². The lowest BCUT2D eigenvalue weighted by atomic mass is 9.86. The number of fused-ring (bicyclic) bond motifs is 2. The zero-order valence-electron chi connectivity index (χ0n) is 14.6. The Labute approximate surface area is 151 Å². The van der Waals surface area contributed by atoms with Crippen LogP contribution in [0.15, 0.2) is 18.2 Å². The van der Waals surface area contributed by atoms with Gasteiger partial charge in [-0.1, -0.05) is 6.42 Å². The van der Waals surface area contributed by atoms with Gasteiger partial charge >= 0.3 is 5.97 Å². The van der Waals surface area contributed by atoms with Crippen molar-refractivity contribution in [2.45, 2.75) is 32.1 Å². The number of rotatable bonds is 7. The van der Waals surface area contributed by atoms with E-state index in [0.29, 0.717) is 18.3 Å². The summed E-state index contributed by atoms with van der Waals surface area (Å²) in [6.07, 6.45) is 5.15. The summed E-state index contributed by atoms with van der Waals surface area (Å²) in [6, 6.07) is 3.86. The molecule has 8 heteroatoms. The van der Waals surface area contributed by atoms with E-state index in [4.69, 9.17) is 9.47 Å². The van der Waals surface area contributed by atoms with Gasteiger partial charge in [0, 0.05) is 12.5 Å². The van der Waals surface area contributed by atoms with Gasteiger partial charge in [0.05, 0.1) is 23.8 Å². The van der Waals surface area contributed by atoms with E-state index < -0.39 is 10.8 Å². The van der Waals surface area contributed by atoms with Crippen molar-refractivity contribution in [3.05, 3.63) is 28.3 Å². The Hall–Kier alpha value is -2.64. The maximum Gasteiger partial charge on any atom is 0.306 e. The molecule has 0 spiro atoms. The van der Waals surface area contributed by atoms with Gasteiger partial charge in [0.1, 0.15) is 5.75 Å². The monoisotopic (exact) mass is 362 g/mol. The molecule has 1 aromatic rings. The van der Waals surface area contributed by atoms with Crippen molar-refractivity contribution < 1.29 is 24.0 Å². The van der Waals surface area contributed by atoms with Crippen LogP contribution in [0.1, 0.15) is 32.1 Å². The predicted octanol–water partition coefficient (Wildman–Crippen LogP) is 2.91. The highest BCUT2D eigenvalue weighted by Gasteiger charge is 2.40. The van der Waals surface area contributed by atoms with Crippen LogP contribution in [0.2, 0.25) is 0 Å². The predicted molar refractivity (Wildman–Crippen MR) is 92.8 cm³/mol. The van der Waals surface area contributed by atoms with Crippen LogP contribution >= 0.6 is 0 Å². The molecule has 26 heavy (non-hydrogen) atoms. The molecule has 2 saturated carbocycles. The van der Waals surface area contributed by atoms with Gasteiger partial charge in [0.15, 0.2) is 6.61 Å². The number of esters is 1. The fourth-order valence-electron chi connectivity index (χ4n) is 4.13. The first-order chi connectivity index (χ1) is 12.5. The zero-order chi connectivity index (χ0) is 18.7. The smallest absolute Gasteiger partial charge is 0.306 e. The summed E-state index contributed by atoms with van der Waals surface area (Å²) in [4.78, 5) is 34.2. The topological polar surface area (TPSA) is 108 Å². The Balaban J connectivity index is 1.48. The molecule has 1 aromatic carbocycles. The third-order valence-corrected chi connectivity index (χ3v) is 5.35. The quantitative estimate of drug-likeness (QED) is 0.454. The molecule has 0 aliphatic heterocycles. The molecular weight excluding hydrogens is 340 g/mol. The number of hydrogen-bond acceptors (Lipinski definition) is 6. The van der Waals surface area contributed by atoms with Crippen molar-refractivity contribution in [3.63, 3.8) is 0 Å². The molecule has 2 aliphatic rings. The van der Waals surface area contributed by atoms with Gasteiger partial charge < -0.3 is 14.8 Å². The van der Waals surface area contributed by atoms with Gasteiger partial charge in [0.25, 0.3) is 11.6 Å². The molecule has 0 radical (unpaired) electrons. The minimum absolute atomic E-state index is 0.142. The number of nitro benzene ring substituents is 1. The van der Waals surface area contributed by atoms with E-state index in [-0.39, 0.29) is 29.7 Å². The van der Waals surface area contributed by atoms with Crippen molar-refractivity contribution in [2.24, 2.45) is 17.8 Å². The Morgan fingerprint density at radius 1 is 1.31 bits per heavy atom. The lowest BCUT2D eigenvalue weighted by molar-refractivity contribution is -0.384. The van der Waals surface area contributed by atoms with Crippen LogP contribution in [-0.4, -0.2) is 30.5 Å². The summed E-state index contributed by atoms with van der Waals surface area (Å²) in [7, 11) is 1.35. The first-order valence-corrected chi connectivity index (χ1v) is 8.74. The molecule has 3 rings (SSSR count). The van der Waals surface area contributed by atoms with E-state index in [1.165, 1.54) is 44.6 Å². The van der Waals surface area contributed by atoms with Crippen molar-refractivity contribution >= 4 is 23.3 Å². The summed E-state index contributed by atoms with van der Waals surface area (Å²) in [5, 5.41) is 13.3. The van der Waals surface area contributed by atoms with E-state index in [1.807, 2.05) is 0 Å². The number of non-ortho nitro benzene ring substituents is 1. The lowest BCUT2D eigenvalue weighted by Crippen LogP contribution is -2.23. The number of ether oxygens (including phenoxy) is 2. The molecule has 1 N–H and O–H groups in total. The number of benzene rings is 1. The number of methoxy groups -OCH3 is 1. The van der Waals surface area contributed by atoms with Gasteiger partial charge in [-0.25, -0.2) is 0 Å². The number of amides is 1. The second-order valence-electron chi connectivity index (χ2n) is 6.99. The lowest BCUT2D eigenvalue weighted by Gasteiger charge is -2.20. The summed E-state index contributed by atoms with van der Waals surface area (Å²) in [5.74, 6) is 1.08. The molecule has 3 atom stereocenters. The minimum Gasteiger partial charge on any atom is -0.494 e. The van der Waals surface area contributed by atoms with Crippen LogP contribution in [0.3, 0.4) is 0 Å². The van der Waals surface area contributed by atoms with Gasteiger partial charge in [-0.2, -0.15) is 0 Å². The third-order valence-electron chi connectivity index (χ3n) is 5.35. The van der Waals surface area contributed by atoms with Crippen LogP contribution < -0.4 is 10.1 Å². The number of hydrogen-bond donors (Lipinski definition) is 1. The fourth-order valence-corrected chi connectivity index (χ4v) is 4.13. The standard InChI is InChI=1S/C18H22N2O6/c1-25-16-9-14(20(23)24)4-5-15(16)19-17(21)10-26-18(22)8-13-7-11-2-3-12(13)6-11/h4-5,9,11-13H,2-3,6-8,10H2,1H3,(H,19,21)/t11-,12-,13-/m1/s1. The van der Waals surface area contributed by atoms with Crippen molar-refractivity contribution in [3.8, 4) is 5.75 Å².